The Balaban J connectivity index is 1.30. The summed E-state index contributed by atoms with van der Waals surface area (Å²) in [5.41, 5.74) is 0.544. The Kier molecular flexibility index (Phi) is 4.59. The Morgan fingerprint density at radius 1 is 1.20 bits per heavy atom. The summed E-state index contributed by atoms with van der Waals surface area (Å²) in [6.07, 6.45) is 6.51. The normalized spacial score (nSPS) is 22.6. The average Bonchev–Trinajstić information content (AvgIpc) is 3.08. The van der Waals surface area contributed by atoms with Crippen LogP contribution in [-0.4, -0.2) is 34.4 Å². The summed E-state index contributed by atoms with van der Waals surface area (Å²) in [6.45, 7) is 1.46. The molecule has 6 heteroatoms. The molecule has 0 saturated heterocycles. The van der Waals surface area contributed by atoms with Crippen LogP contribution in [0.2, 0.25) is 0 Å². The van der Waals surface area contributed by atoms with E-state index in [4.69, 9.17) is 9.47 Å². The van der Waals surface area contributed by atoms with Gasteiger partial charge in [0.2, 0.25) is 5.88 Å². The number of hydrogen-bond donors (Lipinski definition) is 1. The number of aryl methyl sites for hydroxylation is 1. The molecule has 0 unspecified atom stereocenters. The lowest BCUT2D eigenvalue weighted by Gasteiger charge is -2.29. The highest BCUT2D eigenvalue weighted by Crippen LogP contribution is 2.26. The minimum absolute atomic E-state index is 0.0874. The lowest BCUT2D eigenvalue weighted by molar-refractivity contribution is 0.0887. The fourth-order valence-electron chi connectivity index (χ4n) is 3.50. The van der Waals surface area contributed by atoms with Crippen molar-refractivity contribution < 1.29 is 14.3 Å². The van der Waals surface area contributed by atoms with Crippen molar-refractivity contribution >= 4 is 5.91 Å². The molecule has 1 aliphatic heterocycles. The van der Waals surface area contributed by atoms with Gasteiger partial charge in [0.1, 0.15) is 11.3 Å². The summed E-state index contributed by atoms with van der Waals surface area (Å²) in [5.74, 6) is 1.43. The van der Waals surface area contributed by atoms with Crippen LogP contribution in [0.1, 0.15) is 42.5 Å². The maximum Gasteiger partial charge on any atom is 0.258 e. The zero-order chi connectivity index (χ0) is 17.1. The molecule has 1 N–H and O–H groups in total. The number of amides is 1. The first-order chi connectivity index (χ1) is 12.3. The molecule has 1 aromatic heterocycles. The van der Waals surface area contributed by atoms with Crippen molar-refractivity contribution in [2.75, 3.05) is 6.61 Å². The van der Waals surface area contributed by atoms with Crippen LogP contribution >= 0.6 is 0 Å². The molecule has 2 heterocycles. The monoisotopic (exact) mass is 341 g/mol. The molecule has 132 valence electrons. The molecule has 0 bridgehead atoms. The number of nitrogens with zero attached hydrogens (tertiary/aromatic N) is 2. The number of aromatic nitrogens is 2. The molecule has 6 nitrogen and oxygen atoms in total. The number of ether oxygens (including phenoxy) is 2. The maximum atomic E-state index is 12.5. The van der Waals surface area contributed by atoms with Gasteiger partial charge in [0.15, 0.2) is 0 Å². The molecule has 4 rings (SSSR count). The summed E-state index contributed by atoms with van der Waals surface area (Å²) < 4.78 is 13.4. The lowest BCUT2D eigenvalue weighted by Crippen LogP contribution is -2.39. The molecule has 2 aromatic rings. The van der Waals surface area contributed by atoms with Crippen LogP contribution in [0.25, 0.3) is 0 Å². The second-order valence-electron chi connectivity index (χ2n) is 6.67. The number of para-hydroxylation sites is 1. The molecule has 0 atom stereocenters. The van der Waals surface area contributed by atoms with Crippen LogP contribution in [-0.2, 0) is 6.54 Å². The van der Waals surface area contributed by atoms with Crippen molar-refractivity contribution in [3.05, 3.63) is 42.1 Å². The quantitative estimate of drug-likeness (QED) is 0.929. The van der Waals surface area contributed by atoms with Gasteiger partial charge in [-0.05, 0) is 37.8 Å². The molecule has 2 aliphatic rings. The Morgan fingerprint density at radius 2 is 2.00 bits per heavy atom. The van der Waals surface area contributed by atoms with Gasteiger partial charge in [-0.2, -0.15) is 5.10 Å². The third kappa shape index (κ3) is 3.62. The van der Waals surface area contributed by atoms with Crippen LogP contribution in [0.4, 0.5) is 0 Å². The molecule has 1 aliphatic carbocycles. The minimum atomic E-state index is -0.0874. The maximum absolute atomic E-state index is 12.5. The second-order valence-corrected chi connectivity index (χ2v) is 6.67. The van der Waals surface area contributed by atoms with Gasteiger partial charge in [-0.25, -0.2) is 4.68 Å². The third-order valence-corrected chi connectivity index (χ3v) is 4.84. The van der Waals surface area contributed by atoms with Gasteiger partial charge in [-0.3, -0.25) is 4.79 Å². The molecule has 0 spiro atoms. The fourth-order valence-corrected chi connectivity index (χ4v) is 3.50. The topological polar surface area (TPSA) is 65.4 Å². The van der Waals surface area contributed by atoms with Crippen LogP contribution in [0, 0.1) is 0 Å². The molecule has 25 heavy (non-hydrogen) atoms. The Labute approximate surface area is 147 Å². The Bertz CT molecular complexity index is 721. The number of carbonyl (C=O) groups excluding carboxylic acids is 1. The van der Waals surface area contributed by atoms with E-state index in [0.717, 1.165) is 44.4 Å². The van der Waals surface area contributed by atoms with Crippen molar-refractivity contribution in [2.45, 2.75) is 50.8 Å². The van der Waals surface area contributed by atoms with E-state index in [-0.39, 0.29) is 18.1 Å². The van der Waals surface area contributed by atoms with Gasteiger partial charge in [0, 0.05) is 19.0 Å². The number of benzene rings is 1. The molecule has 1 saturated carbocycles. The highest BCUT2D eigenvalue weighted by atomic mass is 16.5. The predicted molar refractivity (Wildman–Crippen MR) is 92.9 cm³/mol. The van der Waals surface area contributed by atoms with Crippen LogP contribution in [0.15, 0.2) is 36.5 Å². The molecular weight excluding hydrogens is 318 g/mol. The lowest BCUT2D eigenvalue weighted by atomic mass is 9.92. The molecule has 1 fully saturated rings. The SMILES string of the molecule is O=C(NC1CCC(Oc2ccccc2)CC1)c1cnn2c1OCCC2. The highest BCUT2D eigenvalue weighted by molar-refractivity contribution is 5.96. The molecular formula is C19H23N3O3. The number of hydrogen-bond acceptors (Lipinski definition) is 4. The zero-order valence-corrected chi connectivity index (χ0v) is 14.2. The first kappa shape index (κ1) is 16.0. The van der Waals surface area contributed by atoms with E-state index in [9.17, 15) is 4.79 Å². The molecule has 0 radical (unpaired) electrons. The second kappa shape index (κ2) is 7.17. The van der Waals surface area contributed by atoms with E-state index in [1.165, 1.54) is 0 Å². The van der Waals surface area contributed by atoms with E-state index in [0.29, 0.717) is 18.1 Å². The number of nitrogens with one attached hydrogen (secondary N) is 1. The smallest absolute Gasteiger partial charge is 0.258 e. The van der Waals surface area contributed by atoms with E-state index in [2.05, 4.69) is 10.4 Å². The standard InChI is InChI=1S/C19H23N3O3/c23-18(17-13-20-22-11-4-12-24-19(17)22)21-14-7-9-16(10-8-14)25-15-5-2-1-3-6-15/h1-3,5-6,13-14,16H,4,7-12H2,(H,21,23). The van der Waals surface area contributed by atoms with Gasteiger partial charge in [-0.15, -0.1) is 0 Å². The van der Waals surface area contributed by atoms with Gasteiger partial charge in [0.05, 0.1) is 18.9 Å². The van der Waals surface area contributed by atoms with Crippen molar-refractivity contribution in [1.82, 2.24) is 15.1 Å². The van der Waals surface area contributed by atoms with Crippen molar-refractivity contribution in [1.29, 1.82) is 0 Å². The van der Waals surface area contributed by atoms with Gasteiger partial charge < -0.3 is 14.8 Å². The minimum Gasteiger partial charge on any atom is -0.490 e. The van der Waals surface area contributed by atoms with E-state index >= 15 is 0 Å². The van der Waals surface area contributed by atoms with Crippen LogP contribution in [0.3, 0.4) is 0 Å². The van der Waals surface area contributed by atoms with Crippen LogP contribution < -0.4 is 14.8 Å². The summed E-state index contributed by atoms with van der Waals surface area (Å²) >= 11 is 0. The van der Waals surface area contributed by atoms with E-state index < -0.39 is 0 Å². The zero-order valence-electron chi connectivity index (χ0n) is 14.2. The number of fused-ring (bicyclic) bond motifs is 1. The first-order valence-corrected chi connectivity index (χ1v) is 9.01. The fraction of sp³-hybridized carbons (Fsp3) is 0.474. The molecule has 1 amide bonds. The summed E-state index contributed by atoms with van der Waals surface area (Å²) in [6, 6.07) is 10.1. The Morgan fingerprint density at radius 3 is 2.80 bits per heavy atom. The van der Waals surface area contributed by atoms with Gasteiger partial charge in [-0.1, -0.05) is 18.2 Å². The van der Waals surface area contributed by atoms with E-state index in [1.54, 1.807) is 10.9 Å². The van der Waals surface area contributed by atoms with Gasteiger partial charge in [0.25, 0.3) is 5.91 Å². The number of rotatable bonds is 4. The van der Waals surface area contributed by atoms with Crippen molar-refractivity contribution in [3.8, 4) is 11.6 Å². The average molecular weight is 341 g/mol. The number of carbonyl (C=O) groups is 1. The summed E-state index contributed by atoms with van der Waals surface area (Å²) in [4.78, 5) is 12.5. The first-order valence-electron chi connectivity index (χ1n) is 9.01. The van der Waals surface area contributed by atoms with Crippen LogP contribution in [0.5, 0.6) is 11.6 Å². The van der Waals surface area contributed by atoms with Crippen molar-refractivity contribution in [3.63, 3.8) is 0 Å². The van der Waals surface area contributed by atoms with Gasteiger partial charge >= 0.3 is 0 Å². The summed E-state index contributed by atoms with van der Waals surface area (Å²) in [7, 11) is 0. The predicted octanol–water partition coefficient (Wildman–Crippen LogP) is 2.79. The highest BCUT2D eigenvalue weighted by Gasteiger charge is 2.27. The third-order valence-electron chi connectivity index (χ3n) is 4.84. The summed E-state index contributed by atoms with van der Waals surface area (Å²) in [5, 5.41) is 7.37. The largest absolute Gasteiger partial charge is 0.490 e. The Hall–Kier alpha value is -2.50. The van der Waals surface area contributed by atoms with E-state index in [1.807, 2.05) is 30.3 Å². The van der Waals surface area contributed by atoms with Crippen molar-refractivity contribution in [2.24, 2.45) is 0 Å². The molecule has 1 aromatic carbocycles.